The molecule has 1 aliphatic rings. The van der Waals surface area contributed by atoms with Crippen molar-refractivity contribution in [1.29, 1.82) is 0 Å². The van der Waals surface area contributed by atoms with E-state index in [1.807, 2.05) is 0 Å². The van der Waals surface area contributed by atoms with E-state index in [9.17, 15) is 18.0 Å². The minimum Gasteiger partial charge on any atom is -0.382 e. The first-order chi connectivity index (χ1) is 8.36. The number of amides is 1. The molecule has 0 bridgehead atoms. The third-order valence-electron chi connectivity index (χ3n) is 3.30. The molecular formula is C11H19F3N2O2. The van der Waals surface area contributed by atoms with Crippen LogP contribution in [0.5, 0.6) is 0 Å². The van der Waals surface area contributed by atoms with Crippen LogP contribution >= 0.6 is 0 Å². The first-order valence-electron chi connectivity index (χ1n) is 6.06. The average molecular weight is 268 g/mol. The quantitative estimate of drug-likeness (QED) is 0.707. The molecule has 1 amide bonds. The van der Waals surface area contributed by atoms with E-state index in [2.05, 4.69) is 10.6 Å². The van der Waals surface area contributed by atoms with Crippen molar-refractivity contribution in [3.8, 4) is 0 Å². The van der Waals surface area contributed by atoms with E-state index >= 15 is 0 Å². The summed E-state index contributed by atoms with van der Waals surface area (Å²) < 4.78 is 36.5. The third-order valence-corrected chi connectivity index (χ3v) is 3.30. The molecule has 0 spiro atoms. The Kier molecular flexibility index (Phi) is 5.40. The van der Waals surface area contributed by atoms with Crippen LogP contribution in [-0.4, -0.2) is 42.9 Å². The molecule has 0 radical (unpaired) electrons. The summed E-state index contributed by atoms with van der Waals surface area (Å²) in [6, 6.07) is -0.296. The van der Waals surface area contributed by atoms with Gasteiger partial charge in [0.1, 0.15) is 0 Å². The van der Waals surface area contributed by atoms with Crippen molar-refractivity contribution in [2.24, 2.45) is 5.92 Å². The van der Waals surface area contributed by atoms with E-state index in [1.54, 1.807) is 0 Å². The van der Waals surface area contributed by atoms with Crippen molar-refractivity contribution in [3.05, 3.63) is 0 Å². The van der Waals surface area contributed by atoms with Crippen LogP contribution in [0, 0.1) is 5.92 Å². The molecule has 1 fully saturated rings. The minimum absolute atomic E-state index is 0.159. The molecule has 4 nitrogen and oxygen atoms in total. The Bertz CT molecular complexity index is 284. The van der Waals surface area contributed by atoms with E-state index in [1.165, 1.54) is 7.05 Å². The maximum atomic E-state index is 12.2. The molecule has 18 heavy (non-hydrogen) atoms. The second kappa shape index (κ2) is 6.38. The lowest BCUT2D eigenvalue weighted by molar-refractivity contribution is -0.202. The van der Waals surface area contributed by atoms with Gasteiger partial charge in [0.15, 0.2) is 6.10 Å². The van der Waals surface area contributed by atoms with Crippen molar-refractivity contribution in [2.45, 2.75) is 44.0 Å². The van der Waals surface area contributed by atoms with Gasteiger partial charge in [-0.3, -0.25) is 4.79 Å². The maximum Gasteiger partial charge on any atom is 0.415 e. The number of aliphatic hydroxyl groups excluding tert-OH is 1. The predicted molar refractivity (Wildman–Crippen MR) is 59.9 cm³/mol. The highest BCUT2D eigenvalue weighted by Gasteiger charge is 2.39. The van der Waals surface area contributed by atoms with Crippen LogP contribution in [0.2, 0.25) is 0 Å². The monoisotopic (exact) mass is 268 g/mol. The Labute approximate surface area is 104 Å². The fourth-order valence-corrected chi connectivity index (χ4v) is 2.25. The smallest absolute Gasteiger partial charge is 0.382 e. The first-order valence-corrected chi connectivity index (χ1v) is 6.06. The molecule has 7 heteroatoms. The Morgan fingerprint density at radius 1 is 1.39 bits per heavy atom. The zero-order chi connectivity index (χ0) is 13.8. The van der Waals surface area contributed by atoms with Crippen LogP contribution in [0.25, 0.3) is 0 Å². The third kappa shape index (κ3) is 4.13. The summed E-state index contributed by atoms with van der Waals surface area (Å²) in [6.07, 6.45) is -3.90. The van der Waals surface area contributed by atoms with Gasteiger partial charge in [-0.15, -0.1) is 0 Å². The molecule has 0 aliphatic heterocycles. The molecule has 0 saturated heterocycles. The number of hydrogen-bond acceptors (Lipinski definition) is 3. The Hall–Kier alpha value is -0.820. The number of rotatable bonds is 4. The summed E-state index contributed by atoms with van der Waals surface area (Å²) in [4.78, 5) is 11.6. The van der Waals surface area contributed by atoms with Gasteiger partial charge in [-0.1, -0.05) is 12.8 Å². The molecule has 3 N–H and O–H groups in total. The first kappa shape index (κ1) is 15.2. The highest BCUT2D eigenvalue weighted by atomic mass is 19.4. The number of alkyl halides is 3. The van der Waals surface area contributed by atoms with E-state index in [-0.39, 0.29) is 17.9 Å². The lowest BCUT2D eigenvalue weighted by Gasteiger charge is -2.31. The minimum atomic E-state index is -4.62. The van der Waals surface area contributed by atoms with Gasteiger partial charge in [-0.05, 0) is 12.8 Å². The van der Waals surface area contributed by atoms with E-state index in [4.69, 9.17) is 5.11 Å². The second-order valence-corrected chi connectivity index (χ2v) is 4.58. The van der Waals surface area contributed by atoms with E-state index in [0.717, 1.165) is 12.8 Å². The fourth-order valence-electron chi connectivity index (χ4n) is 2.25. The largest absolute Gasteiger partial charge is 0.415 e. The summed E-state index contributed by atoms with van der Waals surface area (Å²) in [5.41, 5.74) is 0. The summed E-state index contributed by atoms with van der Waals surface area (Å²) in [6.45, 7) is -0.568. The van der Waals surface area contributed by atoms with Crippen LogP contribution < -0.4 is 10.6 Å². The van der Waals surface area contributed by atoms with Gasteiger partial charge in [0.25, 0.3) is 0 Å². The standard InChI is InChI=1S/C11H19F3N2O2/c1-15-10(18)7-4-2-3-5-8(7)16-6-9(17)11(12,13)14/h7-9,16-17H,2-6H2,1H3,(H,15,18)/t7-,8+,9-/m1/s1. The van der Waals surface area contributed by atoms with Crippen LogP contribution in [-0.2, 0) is 4.79 Å². The van der Waals surface area contributed by atoms with Gasteiger partial charge >= 0.3 is 6.18 Å². The second-order valence-electron chi connectivity index (χ2n) is 4.58. The zero-order valence-electron chi connectivity index (χ0n) is 10.3. The molecule has 1 rings (SSSR count). The van der Waals surface area contributed by atoms with Gasteiger partial charge in [-0.2, -0.15) is 13.2 Å². The molecule has 0 heterocycles. The number of hydrogen-bond donors (Lipinski definition) is 3. The SMILES string of the molecule is CNC(=O)[C@@H]1CCCC[C@@H]1NC[C@@H](O)C(F)(F)F. The van der Waals surface area contributed by atoms with Gasteiger partial charge < -0.3 is 15.7 Å². The van der Waals surface area contributed by atoms with Gasteiger partial charge in [0.2, 0.25) is 5.91 Å². The van der Waals surface area contributed by atoms with Crippen molar-refractivity contribution in [3.63, 3.8) is 0 Å². The molecular weight excluding hydrogens is 249 g/mol. The number of aliphatic hydroxyl groups is 1. The fraction of sp³-hybridized carbons (Fsp3) is 0.909. The normalized spacial score (nSPS) is 26.7. The van der Waals surface area contributed by atoms with E-state index < -0.39 is 18.8 Å². The molecule has 1 saturated carbocycles. The van der Waals surface area contributed by atoms with Crippen molar-refractivity contribution in [1.82, 2.24) is 10.6 Å². The van der Waals surface area contributed by atoms with Crippen LogP contribution in [0.3, 0.4) is 0 Å². The lowest BCUT2D eigenvalue weighted by atomic mass is 9.84. The summed E-state index contributed by atoms with van der Waals surface area (Å²) >= 11 is 0. The molecule has 0 aromatic rings. The Balaban J connectivity index is 2.50. The molecule has 0 aromatic carbocycles. The highest BCUT2D eigenvalue weighted by molar-refractivity contribution is 5.79. The van der Waals surface area contributed by atoms with Gasteiger partial charge in [-0.25, -0.2) is 0 Å². The predicted octanol–water partition coefficient (Wildman–Crippen LogP) is 0.804. The summed E-state index contributed by atoms with van der Waals surface area (Å²) in [7, 11) is 1.51. The Morgan fingerprint density at radius 2 is 2.00 bits per heavy atom. The summed E-state index contributed by atoms with van der Waals surface area (Å²) in [5, 5.41) is 14.1. The maximum absolute atomic E-state index is 12.2. The van der Waals surface area contributed by atoms with Gasteiger partial charge in [0, 0.05) is 19.6 Å². The Morgan fingerprint density at radius 3 is 2.56 bits per heavy atom. The van der Waals surface area contributed by atoms with E-state index in [0.29, 0.717) is 12.8 Å². The van der Waals surface area contributed by atoms with Crippen molar-refractivity contribution < 1.29 is 23.1 Å². The number of halogens is 3. The molecule has 0 unspecified atom stereocenters. The number of carbonyl (C=O) groups excluding carboxylic acids is 1. The average Bonchev–Trinajstić information content (AvgIpc) is 2.34. The number of carbonyl (C=O) groups is 1. The van der Waals surface area contributed by atoms with Crippen molar-refractivity contribution >= 4 is 5.91 Å². The molecule has 1 aliphatic carbocycles. The highest BCUT2D eigenvalue weighted by Crippen LogP contribution is 2.25. The zero-order valence-corrected chi connectivity index (χ0v) is 10.3. The van der Waals surface area contributed by atoms with Gasteiger partial charge in [0.05, 0.1) is 5.92 Å². The van der Waals surface area contributed by atoms with Crippen LogP contribution in [0.15, 0.2) is 0 Å². The summed E-state index contributed by atoms with van der Waals surface area (Å²) in [5.74, 6) is -0.474. The van der Waals surface area contributed by atoms with Crippen LogP contribution in [0.4, 0.5) is 13.2 Å². The molecule has 3 atom stereocenters. The number of nitrogens with one attached hydrogen (secondary N) is 2. The molecule has 0 aromatic heterocycles. The van der Waals surface area contributed by atoms with Crippen LogP contribution in [0.1, 0.15) is 25.7 Å². The molecule has 106 valence electrons. The lowest BCUT2D eigenvalue weighted by Crippen LogP contribution is -2.49. The topological polar surface area (TPSA) is 61.4 Å². The van der Waals surface area contributed by atoms with Crippen molar-refractivity contribution in [2.75, 3.05) is 13.6 Å².